The monoisotopic (exact) mass is 326 g/mol. The maximum absolute atomic E-state index is 2.35. The summed E-state index contributed by atoms with van der Waals surface area (Å²) in [4.78, 5) is 0. The fraction of sp³-hybridized carbons (Fsp3) is 0.280. The zero-order valence-corrected chi connectivity index (χ0v) is 15.0. The van der Waals surface area contributed by atoms with Crippen molar-refractivity contribution in [2.24, 2.45) is 5.92 Å². The van der Waals surface area contributed by atoms with E-state index < -0.39 is 0 Å². The lowest BCUT2D eigenvalue weighted by Crippen LogP contribution is -2.13. The molecule has 0 amide bonds. The van der Waals surface area contributed by atoms with E-state index in [2.05, 4.69) is 85.8 Å². The predicted molar refractivity (Wildman–Crippen MR) is 107 cm³/mol. The maximum Gasteiger partial charge on any atom is 0.0130 e. The highest BCUT2D eigenvalue weighted by atomic mass is 14.4. The third kappa shape index (κ3) is 3.14. The lowest BCUT2D eigenvalue weighted by molar-refractivity contribution is 0.404. The van der Waals surface area contributed by atoms with Crippen LogP contribution in [0, 0.1) is 5.92 Å². The molecular formula is C25H26. The van der Waals surface area contributed by atoms with Crippen LogP contribution in [0.5, 0.6) is 0 Å². The van der Waals surface area contributed by atoms with E-state index in [1.54, 1.807) is 0 Å². The van der Waals surface area contributed by atoms with Crippen molar-refractivity contribution < 1.29 is 0 Å². The first-order valence-corrected chi connectivity index (χ1v) is 9.60. The maximum atomic E-state index is 2.35. The summed E-state index contributed by atoms with van der Waals surface area (Å²) >= 11 is 0. The summed E-state index contributed by atoms with van der Waals surface area (Å²) in [6, 6.07) is 29.0. The van der Waals surface area contributed by atoms with E-state index in [0.29, 0.717) is 11.8 Å². The second-order valence-corrected chi connectivity index (χ2v) is 7.23. The van der Waals surface area contributed by atoms with E-state index in [1.165, 1.54) is 53.5 Å². The van der Waals surface area contributed by atoms with Crippen molar-refractivity contribution in [3.05, 3.63) is 95.6 Å². The molecule has 0 fully saturated rings. The Labute approximate surface area is 151 Å². The van der Waals surface area contributed by atoms with Gasteiger partial charge in [0.1, 0.15) is 0 Å². The van der Waals surface area contributed by atoms with Crippen molar-refractivity contribution in [1.82, 2.24) is 0 Å². The summed E-state index contributed by atoms with van der Waals surface area (Å²) in [5, 5.41) is 0. The van der Waals surface area contributed by atoms with Crippen molar-refractivity contribution in [2.75, 3.05) is 0 Å². The van der Waals surface area contributed by atoms with Crippen LogP contribution in [0.25, 0.3) is 11.1 Å². The first kappa shape index (κ1) is 16.1. The van der Waals surface area contributed by atoms with Crippen LogP contribution in [0.15, 0.2) is 78.9 Å². The van der Waals surface area contributed by atoms with E-state index in [4.69, 9.17) is 0 Å². The molecule has 0 bridgehead atoms. The third-order valence-electron chi connectivity index (χ3n) is 5.66. The van der Waals surface area contributed by atoms with Crippen LogP contribution in [-0.4, -0.2) is 0 Å². The molecule has 25 heavy (non-hydrogen) atoms. The molecule has 0 aliphatic heterocycles. The average molecular weight is 326 g/mol. The largest absolute Gasteiger partial charge is 0.0654 e. The smallest absolute Gasteiger partial charge is 0.0130 e. The molecule has 1 aliphatic carbocycles. The van der Waals surface area contributed by atoms with Crippen LogP contribution in [0.4, 0.5) is 0 Å². The summed E-state index contributed by atoms with van der Waals surface area (Å²) in [7, 11) is 0. The second kappa shape index (κ2) is 7.27. The Morgan fingerprint density at radius 1 is 0.680 bits per heavy atom. The van der Waals surface area contributed by atoms with Gasteiger partial charge in [-0.1, -0.05) is 92.2 Å². The van der Waals surface area contributed by atoms with Crippen molar-refractivity contribution in [3.63, 3.8) is 0 Å². The van der Waals surface area contributed by atoms with E-state index in [-0.39, 0.29) is 0 Å². The minimum Gasteiger partial charge on any atom is -0.0654 e. The van der Waals surface area contributed by atoms with Crippen LogP contribution >= 0.6 is 0 Å². The molecule has 0 heteroatoms. The summed E-state index contributed by atoms with van der Waals surface area (Å²) < 4.78 is 0. The first-order chi connectivity index (χ1) is 12.4. The minimum absolute atomic E-state index is 0.552. The standard InChI is InChI=1S/C25H26/c1-2-10-20(18-17-19-11-4-3-5-12-19)25-23-15-8-6-13-21(23)22-14-7-9-16-24(22)25/h3-9,11-16,20,25H,2,10,17-18H2,1H3. The average Bonchev–Trinajstić information content (AvgIpc) is 3.01. The van der Waals surface area contributed by atoms with Crippen LogP contribution in [0.3, 0.4) is 0 Å². The number of fused-ring (bicyclic) bond motifs is 3. The Bertz CT molecular complexity index is 786. The van der Waals surface area contributed by atoms with Gasteiger partial charge in [-0.05, 0) is 53.0 Å². The third-order valence-corrected chi connectivity index (χ3v) is 5.66. The van der Waals surface area contributed by atoms with Crippen LogP contribution < -0.4 is 0 Å². The quantitative estimate of drug-likeness (QED) is 0.465. The molecule has 0 aromatic heterocycles. The highest BCUT2D eigenvalue weighted by molar-refractivity contribution is 5.78. The molecule has 126 valence electrons. The van der Waals surface area contributed by atoms with Crippen molar-refractivity contribution in [1.29, 1.82) is 0 Å². The Balaban J connectivity index is 1.67. The molecule has 0 heterocycles. The minimum atomic E-state index is 0.552. The van der Waals surface area contributed by atoms with Gasteiger partial charge < -0.3 is 0 Å². The molecule has 0 saturated carbocycles. The number of hydrogen-bond donors (Lipinski definition) is 0. The van der Waals surface area contributed by atoms with E-state index in [0.717, 1.165) is 0 Å². The van der Waals surface area contributed by atoms with Crippen molar-refractivity contribution >= 4 is 0 Å². The Morgan fingerprint density at radius 2 is 1.24 bits per heavy atom. The molecule has 0 nitrogen and oxygen atoms in total. The number of aryl methyl sites for hydroxylation is 1. The molecule has 3 aromatic carbocycles. The summed E-state index contributed by atoms with van der Waals surface area (Å²) in [6.07, 6.45) is 4.97. The molecule has 3 aromatic rings. The number of benzene rings is 3. The lowest BCUT2D eigenvalue weighted by Gasteiger charge is -2.25. The molecule has 0 N–H and O–H groups in total. The molecule has 1 atom stereocenters. The van der Waals surface area contributed by atoms with Gasteiger partial charge in [0.15, 0.2) is 0 Å². The lowest BCUT2D eigenvalue weighted by atomic mass is 9.78. The summed E-state index contributed by atoms with van der Waals surface area (Å²) in [5.41, 5.74) is 7.43. The Kier molecular flexibility index (Phi) is 4.70. The zero-order chi connectivity index (χ0) is 17.1. The topological polar surface area (TPSA) is 0 Å². The first-order valence-electron chi connectivity index (χ1n) is 9.60. The highest BCUT2D eigenvalue weighted by Crippen LogP contribution is 2.50. The van der Waals surface area contributed by atoms with Gasteiger partial charge in [0, 0.05) is 5.92 Å². The van der Waals surface area contributed by atoms with Gasteiger partial charge in [-0.3, -0.25) is 0 Å². The number of hydrogen-bond acceptors (Lipinski definition) is 0. The molecule has 1 unspecified atom stereocenters. The normalized spacial score (nSPS) is 14.1. The molecule has 0 radical (unpaired) electrons. The highest BCUT2D eigenvalue weighted by Gasteiger charge is 2.33. The summed E-state index contributed by atoms with van der Waals surface area (Å²) in [5.74, 6) is 1.26. The molecule has 0 spiro atoms. The number of rotatable bonds is 6. The SMILES string of the molecule is CCCC(CCc1ccccc1)C1c2ccccc2-c2ccccc21. The Morgan fingerprint density at radius 3 is 1.84 bits per heavy atom. The van der Waals surface area contributed by atoms with Gasteiger partial charge >= 0.3 is 0 Å². The summed E-state index contributed by atoms with van der Waals surface area (Å²) in [6.45, 7) is 2.32. The van der Waals surface area contributed by atoms with E-state index in [9.17, 15) is 0 Å². The zero-order valence-electron chi connectivity index (χ0n) is 15.0. The van der Waals surface area contributed by atoms with E-state index >= 15 is 0 Å². The molecule has 0 saturated heterocycles. The van der Waals surface area contributed by atoms with Crippen LogP contribution in [0.2, 0.25) is 0 Å². The molecule has 4 rings (SSSR count). The Hall–Kier alpha value is -2.34. The van der Waals surface area contributed by atoms with Gasteiger partial charge in [0.25, 0.3) is 0 Å². The van der Waals surface area contributed by atoms with Crippen LogP contribution in [0.1, 0.15) is 48.8 Å². The van der Waals surface area contributed by atoms with Crippen molar-refractivity contribution in [3.8, 4) is 11.1 Å². The van der Waals surface area contributed by atoms with Gasteiger partial charge in [0.05, 0.1) is 0 Å². The van der Waals surface area contributed by atoms with Gasteiger partial charge in [-0.2, -0.15) is 0 Å². The fourth-order valence-electron chi connectivity index (χ4n) is 4.55. The fourth-order valence-corrected chi connectivity index (χ4v) is 4.55. The van der Waals surface area contributed by atoms with Gasteiger partial charge in [-0.15, -0.1) is 0 Å². The second-order valence-electron chi connectivity index (χ2n) is 7.23. The predicted octanol–water partition coefficient (Wildman–Crippen LogP) is 6.85. The van der Waals surface area contributed by atoms with Crippen molar-refractivity contribution in [2.45, 2.75) is 38.5 Å². The molecule has 1 aliphatic rings. The van der Waals surface area contributed by atoms with Gasteiger partial charge in [-0.25, -0.2) is 0 Å². The van der Waals surface area contributed by atoms with E-state index in [1.807, 2.05) is 0 Å². The van der Waals surface area contributed by atoms with Crippen LogP contribution in [-0.2, 0) is 6.42 Å². The van der Waals surface area contributed by atoms with Gasteiger partial charge in [0.2, 0.25) is 0 Å². The molecular weight excluding hydrogens is 300 g/mol.